The van der Waals surface area contributed by atoms with E-state index in [0.717, 1.165) is 26.2 Å². The second kappa shape index (κ2) is 8.49. The number of nitrogens with zero attached hydrogens (tertiary/aromatic N) is 2. The highest BCUT2D eigenvalue weighted by Gasteiger charge is 2.06. The van der Waals surface area contributed by atoms with Crippen LogP contribution in [0.4, 0.5) is 0 Å². The highest BCUT2D eigenvalue weighted by molar-refractivity contribution is 5.79. The van der Waals surface area contributed by atoms with Crippen LogP contribution >= 0.6 is 0 Å². The molecule has 0 bridgehead atoms. The van der Waals surface area contributed by atoms with Gasteiger partial charge >= 0.3 is 0 Å². The molecule has 0 fully saturated rings. The van der Waals surface area contributed by atoms with Crippen LogP contribution in [0.15, 0.2) is 5.16 Å². The fraction of sp³-hybridized carbons (Fsp3) is 0.900. The van der Waals surface area contributed by atoms with Crippen LogP contribution in [-0.2, 0) is 0 Å². The topological polar surface area (TPSA) is 73.9 Å². The predicted octanol–water partition coefficient (Wildman–Crippen LogP) is 0.443. The van der Waals surface area contributed by atoms with Crippen molar-refractivity contribution in [2.75, 3.05) is 26.2 Å². The van der Waals surface area contributed by atoms with Crippen molar-refractivity contribution in [1.82, 2.24) is 10.2 Å². The van der Waals surface area contributed by atoms with Crippen LogP contribution in [0.2, 0.25) is 0 Å². The number of rotatable bonds is 8. The Morgan fingerprint density at radius 2 is 2.07 bits per heavy atom. The Labute approximate surface area is 92.3 Å². The SMILES string of the molecule is CCN(CC)CC(C)NCCC(N)=NO. The summed E-state index contributed by atoms with van der Waals surface area (Å²) in [5.41, 5.74) is 5.36. The van der Waals surface area contributed by atoms with Crippen LogP contribution in [0.1, 0.15) is 27.2 Å². The second-order valence-corrected chi connectivity index (χ2v) is 3.68. The molecule has 0 aliphatic heterocycles. The first-order chi connectivity index (χ1) is 7.13. The maximum absolute atomic E-state index is 8.35. The number of oxime groups is 1. The second-order valence-electron chi connectivity index (χ2n) is 3.68. The molecule has 1 atom stereocenters. The minimum Gasteiger partial charge on any atom is -0.409 e. The Hall–Kier alpha value is -0.810. The minimum absolute atomic E-state index is 0.275. The highest BCUT2D eigenvalue weighted by Crippen LogP contribution is 1.91. The van der Waals surface area contributed by atoms with E-state index in [4.69, 9.17) is 10.9 Å². The van der Waals surface area contributed by atoms with E-state index >= 15 is 0 Å². The molecule has 0 amide bonds. The molecule has 90 valence electrons. The normalized spacial score (nSPS) is 14.5. The van der Waals surface area contributed by atoms with Crippen molar-refractivity contribution in [3.8, 4) is 0 Å². The van der Waals surface area contributed by atoms with Crippen molar-refractivity contribution in [3.63, 3.8) is 0 Å². The summed E-state index contributed by atoms with van der Waals surface area (Å²) in [6, 6.07) is 0.427. The maximum Gasteiger partial charge on any atom is 0.140 e. The molecule has 15 heavy (non-hydrogen) atoms. The van der Waals surface area contributed by atoms with Crippen LogP contribution in [0.25, 0.3) is 0 Å². The van der Waals surface area contributed by atoms with Gasteiger partial charge in [0.15, 0.2) is 0 Å². The van der Waals surface area contributed by atoms with Gasteiger partial charge in [-0.3, -0.25) is 0 Å². The van der Waals surface area contributed by atoms with Gasteiger partial charge in [-0.25, -0.2) is 0 Å². The minimum atomic E-state index is 0.275. The molecular weight excluding hydrogens is 192 g/mol. The van der Waals surface area contributed by atoms with Gasteiger partial charge in [0.05, 0.1) is 0 Å². The zero-order valence-corrected chi connectivity index (χ0v) is 10.0. The molecule has 0 aromatic carbocycles. The molecule has 0 aliphatic carbocycles. The first-order valence-corrected chi connectivity index (χ1v) is 5.56. The van der Waals surface area contributed by atoms with E-state index in [1.54, 1.807) is 0 Å². The predicted molar refractivity (Wildman–Crippen MR) is 63.3 cm³/mol. The third-order valence-electron chi connectivity index (χ3n) is 2.43. The molecule has 0 rings (SSSR count). The Kier molecular flexibility index (Phi) is 8.04. The van der Waals surface area contributed by atoms with Gasteiger partial charge in [0, 0.05) is 25.6 Å². The smallest absolute Gasteiger partial charge is 0.140 e. The van der Waals surface area contributed by atoms with Crippen LogP contribution in [0, 0.1) is 0 Å². The molecule has 5 nitrogen and oxygen atoms in total. The molecule has 0 aromatic rings. The molecule has 0 heterocycles. The monoisotopic (exact) mass is 216 g/mol. The van der Waals surface area contributed by atoms with Crippen molar-refractivity contribution in [1.29, 1.82) is 0 Å². The molecule has 0 radical (unpaired) electrons. The quantitative estimate of drug-likeness (QED) is 0.238. The van der Waals surface area contributed by atoms with Crippen molar-refractivity contribution >= 4 is 5.84 Å². The van der Waals surface area contributed by atoms with E-state index in [0.29, 0.717) is 12.5 Å². The van der Waals surface area contributed by atoms with Crippen molar-refractivity contribution < 1.29 is 5.21 Å². The van der Waals surface area contributed by atoms with E-state index < -0.39 is 0 Å². The van der Waals surface area contributed by atoms with Crippen LogP contribution in [0.5, 0.6) is 0 Å². The standard InChI is InChI=1S/C10H24N4O/c1-4-14(5-2)8-9(3)12-7-6-10(11)13-15/h9,12,15H,4-8H2,1-3H3,(H2,11,13). The lowest BCUT2D eigenvalue weighted by Crippen LogP contribution is -2.40. The lowest BCUT2D eigenvalue weighted by atomic mass is 10.3. The van der Waals surface area contributed by atoms with E-state index in [9.17, 15) is 0 Å². The average molecular weight is 216 g/mol. The summed E-state index contributed by atoms with van der Waals surface area (Å²) >= 11 is 0. The number of nitrogens with one attached hydrogen (secondary N) is 1. The van der Waals surface area contributed by atoms with Gasteiger partial charge < -0.3 is 21.2 Å². The Morgan fingerprint density at radius 3 is 2.53 bits per heavy atom. The van der Waals surface area contributed by atoms with E-state index in [2.05, 4.69) is 36.1 Å². The van der Waals surface area contributed by atoms with Crippen molar-refractivity contribution in [2.24, 2.45) is 10.9 Å². The fourth-order valence-corrected chi connectivity index (χ4v) is 1.43. The molecule has 0 aromatic heterocycles. The number of likely N-dealkylation sites (N-methyl/N-ethyl adjacent to an activating group) is 1. The van der Waals surface area contributed by atoms with Gasteiger partial charge in [-0.1, -0.05) is 19.0 Å². The Balaban J connectivity index is 3.60. The summed E-state index contributed by atoms with van der Waals surface area (Å²) in [4.78, 5) is 2.36. The zero-order valence-electron chi connectivity index (χ0n) is 10.0. The molecule has 0 aliphatic rings. The number of hydrogen-bond acceptors (Lipinski definition) is 4. The van der Waals surface area contributed by atoms with Gasteiger partial charge in [0.25, 0.3) is 0 Å². The summed E-state index contributed by atoms with van der Waals surface area (Å²) < 4.78 is 0. The maximum atomic E-state index is 8.35. The first-order valence-electron chi connectivity index (χ1n) is 5.56. The van der Waals surface area contributed by atoms with Gasteiger partial charge in [-0.2, -0.15) is 0 Å². The molecular formula is C10H24N4O. The van der Waals surface area contributed by atoms with E-state index in [-0.39, 0.29) is 5.84 Å². The summed E-state index contributed by atoms with van der Waals surface area (Å²) in [5, 5.41) is 14.6. The van der Waals surface area contributed by atoms with Crippen LogP contribution < -0.4 is 11.1 Å². The van der Waals surface area contributed by atoms with Gasteiger partial charge in [0.2, 0.25) is 0 Å². The first kappa shape index (κ1) is 14.2. The molecule has 1 unspecified atom stereocenters. The summed E-state index contributed by atoms with van der Waals surface area (Å²) in [7, 11) is 0. The summed E-state index contributed by atoms with van der Waals surface area (Å²) in [6.07, 6.45) is 0.582. The number of amidine groups is 1. The molecule has 5 heteroatoms. The molecule has 4 N–H and O–H groups in total. The largest absolute Gasteiger partial charge is 0.409 e. The molecule has 0 saturated carbocycles. The summed E-state index contributed by atoms with van der Waals surface area (Å²) in [5.74, 6) is 0.275. The lowest BCUT2D eigenvalue weighted by molar-refractivity contribution is 0.272. The highest BCUT2D eigenvalue weighted by atomic mass is 16.4. The molecule has 0 spiro atoms. The lowest BCUT2D eigenvalue weighted by Gasteiger charge is -2.23. The summed E-state index contributed by atoms with van der Waals surface area (Å²) in [6.45, 7) is 10.4. The molecule has 0 saturated heterocycles. The van der Waals surface area contributed by atoms with Crippen LogP contribution in [0.3, 0.4) is 0 Å². The van der Waals surface area contributed by atoms with Gasteiger partial charge in [0.1, 0.15) is 5.84 Å². The van der Waals surface area contributed by atoms with Crippen molar-refractivity contribution in [2.45, 2.75) is 33.2 Å². The average Bonchev–Trinajstić information content (AvgIpc) is 2.25. The van der Waals surface area contributed by atoms with E-state index in [1.165, 1.54) is 0 Å². The third kappa shape index (κ3) is 7.16. The Morgan fingerprint density at radius 1 is 1.47 bits per heavy atom. The third-order valence-corrected chi connectivity index (χ3v) is 2.43. The fourth-order valence-electron chi connectivity index (χ4n) is 1.43. The Bertz CT molecular complexity index is 180. The van der Waals surface area contributed by atoms with Crippen LogP contribution in [-0.4, -0.2) is 48.2 Å². The number of hydrogen-bond donors (Lipinski definition) is 3. The van der Waals surface area contributed by atoms with Gasteiger partial charge in [-0.05, 0) is 20.0 Å². The van der Waals surface area contributed by atoms with Crippen molar-refractivity contribution in [3.05, 3.63) is 0 Å². The zero-order chi connectivity index (χ0) is 11.7. The van der Waals surface area contributed by atoms with E-state index in [1.807, 2.05) is 0 Å². The number of nitrogens with two attached hydrogens (primary N) is 1. The van der Waals surface area contributed by atoms with Gasteiger partial charge in [-0.15, -0.1) is 0 Å².